The van der Waals surface area contributed by atoms with Crippen molar-refractivity contribution < 1.29 is 0 Å². The lowest BCUT2D eigenvalue weighted by molar-refractivity contribution is 1.08. The molecule has 1 aromatic carbocycles. The Labute approximate surface area is 105 Å². The van der Waals surface area contributed by atoms with Crippen molar-refractivity contribution in [3.8, 4) is 0 Å². The molecule has 0 saturated carbocycles. The Hall–Kier alpha value is -1.81. The molecule has 0 amide bonds. The van der Waals surface area contributed by atoms with Gasteiger partial charge in [-0.05, 0) is 18.6 Å². The second kappa shape index (κ2) is 4.59. The largest absolute Gasteiger partial charge is 0.393 e. The van der Waals surface area contributed by atoms with Gasteiger partial charge in [-0.1, -0.05) is 29.8 Å². The van der Waals surface area contributed by atoms with E-state index in [1.165, 1.54) is 6.33 Å². The normalized spacial score (nSPS) is 10.3. The molecule has 2 N–H and O–H groups in total. The number of hydrogen-bond donors (Lipinski definition) is 1. The summed E-state index contributed by atoms with van der Waals surface area (Å²) in [4.78, 5) is 9.90. The van der Waals surface area contributed by atoms with Gasteiger partial charge >= 0.3 is 0 Å². The van der Waals surface area contributed by atoms with E-state index in [1.54, 1.807) is 0 Å². The molecule has 0 bridgehead atoms. The summed E-state index contributed by atoms with van der Waals surface area (Å²) in [6, 6.07) is 8.00. The second-order valence-corrected chi connectivity index (χ2v) is 4.11. The van der Waals surface area contributed by atoms with E-state index in [0.29, 0.717) is 11.5 Å². The van der Waals surface area contributed by atoms with Crippen LogP contribution in [0.1, 0.15) is 5.56 Å². The molecule has 2 rings (SSSR count). The molecule has 0 radical (unpaired) electrons. The van der Waals surface area contributed by atoms with Gasteiger partial charge in [0.15, 0.2) is 11.0 Å². The zero-order valence-corrected chi connectivity index (χ0v) is 10.4. The van der Waals surface area contributed by atoms with Gasteiger partial charge in [0.2, 0.25) is 0 Å². The van der Waals surface area contributed by atoms with E-state index in [-0.39, 0.29) is 5.15 Å². The first-order valence-electron chi connectivity index (χ1n) is 5.16. The van der Waals surface area contributed by atoms with Crippen LogP contribution in [-0.4, -0.2) is 17.0 Å². The lowest BCUT2D eigenvalue weighted by Crippen LogP contribution is -2.15. The van der Waals surface area contributed by atoms with E-state index in [0.717, 1.165) is 11.3 Å². The Balaban J connectivity index is 2.48. The van der Waals surface area contributed by atoms with Crippen LogP contribution in [0.4, 0.5) is 17.2 Å². The first-order chi connectivity index (χ1) is 8.11. The number of nitrogens with two attached hydrogens (primary N) is 1. The lowest BCUT2D eigenvalue weighted by Gasteiger charge is -2.21. The minimum absolute atomic E-state index is 0.274. The lowest BCUT2D eigenvalue weighted by atomic mass is 10.2. The van der Waals surface area contributed by atoms with E-state index in [1.807, 2.05) is 43.1 Å². The molecule has 0 aliphatic heterocycles. The third-order valence-corrected chi connectivity index (χ3v) is 2.91. The first-order valence-corrected chi connectivity index (χ1v) is 5.54. The summed E-state index contributed by atoms with van der Waals surface area (Å²) in [6.07, 6.45) is 1.41. The highest BCUT2D eigenvalue weighted by atomic mass is 35.5. The van der Waals surface area contributed by atoms with Crippen LogP contribution in [0.25, 0.3) is 0 Å². The van der Waals surface area contributed by atoms with E-state index in [9.17, 15) is 0 Å². The highest BCUT2D eigenvalue weighted by Crippen LogP contribution is 2.31. The van der Waals surface area contributed by atoms with Crippen LogP contribution in [0, 0.1) is 6.92 Å². The summed E-state index contributed by atoms with van der Waals surface area (Å²) in [5.74, 6) is 0.610. The van der Waals surface area contributed by atoms with Gasteiger partial charge in [-0.2, -0.15) is 0 Å². The molecule has 4 nitrogen and oxygen atoms in total. The summed E-state index contributed by atoms with van der Waals surface area (Å²) in [5.41, 5.74) is 8.44. The van der Waals surface area contributed by atoms with Gasteiger partial charge in [0.1, 0.15) is 12.0 Å². The molecule has 1 heterocycles. The summed E-state index contributed by atoms with van der Waals surface area (Å²) >= 11 is 5.88. The average Bonchev–Trinajstić information content (AvgIpc) is 2.32. The second-order valence-electron chi connectivity index (χ2n) is 3.75. The molecule has 0 aliphatic carbocycles. The van der Waals surface area contributed by atoms with Gasteiger partial charge in [0.25, 0.3) is 0 Å². The fourth-order valence-corrected chi connectivity index (χ4v) is 1.81. The van der Waals surface area contributed by atoms with Crippen molar-refractivity contribution in [2.24, 2.45) is 0 Å². The molecule has 2 aromatic rings. The Morgan fingerprint density at radius 2 is 1.94 bits per heavy atom. The number of nitrogen functional groups attached to an aromatic ring is 1. The van der Waals surface area contributed by atoms with Crippen LogP contribution in [-0.2, 0) is 0 Å². The zero-order chi connectivity index (χ0) is 12.4. The highest BCUT2D eigenvalue weighted by molar-refractivity contribution is 6.32. The third-order valence-electron chi connectivity index (χ3n) is 2.61. The topological polar surface area (TPSA) is 55.0 Å². The highest BCUT2D eigenvalue weighted by Gasteiger charge is 2.13. The Bertz CT molecular complexity index is 542. The minimum atomic E-state index is 0.274. The van der Waals surface area contributed by atoms with Crippen molar-refractivity contribution in [3.63, 3.8) is 0 Å². The molecular weight excluding hydrogens is 236 g/mol. The van der Waals surface area contributed by atoms with Gasteiger partial charge in [0, 0.05) is 12.7 Å². The summed E-state index contributed by atoms with van der Waals surface area (Å²) in [6.45, 7) is 2.03. The molecule has 0 atom stereocenters. The molecule has 0 spiro atoms. The molecule has 17 heavy (non-hydrogen) atoms. The maximum Gasteiger partial charge on any atom is 0.161 e. The van der Waals surface area contributed by atoms with Crippen molar-refractivity contribution >= 4 is 28.8 Å². The van der Waals surface area contributed by atoms with Crippen molar-refractivity contribution in [1.82, 2.24) is 9.97 Å². The fourth-order valence-electron chi connectivity index (χ4n) is 1.69. The van der Waals surface area contributed by atoms with Crippen LogP contribution < -0.4 is 10.6 Å². The molecule has 0 unspecified atom stereocenters. The average molecular weight is 249 g/mol. The van der Waals surface area contributed by atoms with E-state index < -0.39 is 0 Å². The fraction of sp³-hybridized carbons (Fsp3) is 0.167. The van der Waals surface area contributed by atoms with Crippen molar-refractivity contribution in [1.29, 1.82) is 0 Å². The zero-order valence-electron chi connectivity index (χ0n) is 9.68. The number of nitrogens with zero attached hydrogens (tertiary/aromatic N) is 3. The Kier molecular flexibility index (Phi) is 3.15. The number of aromatic nitrogens is 2. The van der Waals surface area contributed by atoms with Gasteiger partial charge < -0.3 is 10.6 Å². The van der Waals surface area contributed by atoms with Gasteiger partial charge in [-0.25, -0.2) is 9.97 Å². The van der Waals surface area contributed by atoms with Crippen molar-refractivity contribution in [3.05, 3.63) is 41.3 Å². The molecule has 0 fully saturated rings. The molecule has 88 valence electrons. The molecule has 0 aliphatic rings. The number of para-hydroxylation sites is 1. The standard InChI is InChI=1S/C12H13ClN4/c1-8-5-3-4-6-9(8)17(2)12-10(14)11(13)15-7-16-12/h3-7H,14H2,1-2H3. The number of aryl methyl sites for hydroxylation is 1. The van der Waals surface area contributed by atoms with Crippen LogP contribution in [0.2, 0.25) is 5.15 Å². The van der Waals surface area contributed by atoms with Gasteiger partial charge in [-0.3, -0.25) is 0 Å². The predicted molar refractivity (Wildman–Crippen MR) is 70.7 cm³/mol. The quantitative estimate of drug-likeness (QED) is 0.831. The third kappa shape index (κ3) is 2.17. The predicted octanol–water partition coefficient (Wildman–Crippen LogP) is 2.79. The Morgan fingerprint density at radius 3 is 2.65 bits per heavy atom. The van der Waals surface area contributed by atoms with Gasteiger partial charge in [-0.15, -0.1) is 0 Å². The minimum Gasteiger partial charge on any atom is -0.393 e. The van der Waals surface area contributed by atoms with Crippen molar-refractivity contribution in [2.45, 2.75) is 6.92 Å². The molecule has 1 aromatic heterocycles. The van der Waals surface area contributed by atoms with Crippen LogP contribution in [0.3, 0.4) is 0 Å². The summed E-state index contributed by atoms with van der Waals surface area (Å²) in [5, 5.41) is 0.274. The SMILES string of the molecule is Cc1ccccc1N(C)c1ncnc(Cl)c1N. The molecule has 0 saturated heterocycles. The Morgan fingerprint density at radius 1 is 1.24 bits per heavy atom. The summed E-state index contributed by atoms with van der Waals surface area (Å²) < 4.78 is 0. The molecule has 5 heteroatoms. The van der Waals surface area contributed by atoms with E-state index in [2.05, 4.69) is 9.97 Å². The molecular formula is C12H13ClN4. The first kappa shape index (κ1) is 11.7. The smallest absolute Gasteiger partial charge is 0.161 e. The number of anilines is 3. The van der Waals surface area contributed by atoms with E-state index >= 15 is 0 Å². The van der Waals surface area contributed by atoms with Crippen molar-refractivity contribution in [2.75, 3.05) is 17.7 Å². The van der Waals surface area contributed by atoms with E-state index in [4.69, 9.17) is 17.3 Å². The summed E-state index contributed by atoms with van der Waals surface area (Å²) in [7, 11) is 1.90. The number of benzene rings is 1. The number of hydrogen-bond acceptors (Lipinski definition) is 4. The van der Waals surface area contributed by atoms with Gasteiger partial charge in [0.05, 0.1) is 0 Å². The number of halogens is 1. The van der Waals surface area contributed by atoms with Crippen LogP contribution in [0.15, 0.2) is 30.6 Å². The van der Waals surface area contributed by atoms with Crippen LogP contribution >= 0.6 is 11.6 Å². The van der Waals surface area contributed by atoms with Crippen LogP contribution in [0.5, 0.6) is 0 Å². The monoisotopic (exact) mass is 248 g/mol. The maximum absolute atomic E-state index is 5.88. The number of rotatable bonds is 2. The maximum atomic E-state index is 5.88.